The minimum atomic E-state index is 1.15. The van der Waals surface area contributed by atoms with Gasteiger partial charge in [-0.05, 0) is 31.4 Å². The van der Waals surface area contributed by atoms with E-state index in [1.54, 1.807) is 0 Å². The molecule has 0 aliphatic carbocycles. The van der Waals surface area contributed by atoms with E-state index in [0.717, 1.165) is 6.42 Å². The Labute approximate surface area is 87.7 Å². The molecule has 1 aromatic rings. The standard InChI is InChI=1S/C14H19/c1-3-4-5-6-7-8-14-11-9-13(2)10-12-14/h7,9-12H,3-6H2,1-2H3. The van der Waals surface area contributed by atoms with Gasteiger partial charge in [0.2, 0.25) is 0 Å². The molecule has 0 aliphatic rings. The maximum absolute atomic E-state index is 3.31. The van der Waals surface area contributed by atoms with E-state index < -0.39 is 0 Å². The number of hydrogen-bond donors (Lipinski definition) is 0. The number of rotatable bonds is 5. The molecule has 0 fully saturated rings. The minimum absolute atomic E-state index is 1.15. The monoisotopic (exact) mass is 187 g/mol. The molecule has 0 N–H and O–H groups in total. The van der Waals surface area contributed by atoms with Gasteiger partial charge in [-0.3, -0.25) is 0 Å². The second kappa shape index (κ2) is 6.42. The van der Waals surface area contributed by atoms with Crippen molar-refractivity contribution >= 4 is 0 Å². The molecule has 0 nitrogen and oxygen atoms in total. The van der Waals surface area contributed by atoms with Crippen LogP contribution < -0.4 is 0 Å². The zero-order valence-electron chi connectivity index (χ0n) is 9.22. The van der Waals surface area contributed by atoms with Crippen LogP contribution in [0.15, 0.2) is 30.3 Å². The molecule has 1 aromatic carbocycles. The predicted octanol–water partition coefficient (Wildman–Crippen LogP) is 4.28. The molecular weight excluding hydrogens is 168 g/mol. The first-order chi connectivity index (χ1) is 6.83. The van der Waals surface area contributed by atoms with Gasteiger partial charge >= 0.3 is 0 Å². The Hall–Kier alpha value is -1.04. The van der Waals surface area contributed by atoms with Crippen LogP contribution in [-0.4, -0.2) is 0 Å². The molecule has 0 bridgehead atoms. The fourth-order valence-corrected chi connectivity index (χ4v) is 1.34. The van der Waals surface area contributed by atoms with Crippen molar-refractivity contribution in [3.63, 3.8) is 0 Å². The summed E-state index contributed by atoms with van der Waals surface area (Å²) in [5.74, 6) is 0. The van der Waals surface area contributed by atoms with E-state index in [1.165, 1.54) is 30.4 Å². The Morgan fingerprint density at radius 2 is 1.86 bits per heavy atom. The number of benzene rings is 1. The van der Waals surface area contributed by atoms with Gasteiger partial charge in [0.05, 0.1) is 0 Å². The summed E-state index contributed by atoms with van der Waals surface area (Å²) >= 11 is 0. The van der Waals surface area contributed by atoms with Gasteiger partial charge in [0.15, 0.2) is 0 Å². The van der Waals surface area contributed by atoms with Crippen LogP contribution in [0.3, 0.4) is 0 Å². The lowest BCUT2D eigenvalue weighted by atomic mass is 10.1. The van der Waals surface area contributed by atoms with E-state index in [0.29, 0.717) is 0 Å². The van der Waals surface area contributed by atoms with Gasteiger partial charge in [0.1, 0.15) is 0 Å². The van der Waals surface area contributed by atoms with Crippen molar-refractivity contribution in [1.82, 2.24) is 0 Å². The van der Waals surface area contributed by atoms with Crippen molar-refractivity contribution < 1.29 is 0 Å². The van der Waals surface area contributed by atoms with Gasteiger partial charge in [-0.25, -0.2) is 0 Å². The molecule has 0 aromatic heterocycles. The van der Waals surface area contributed by atoms with E-state index in [-0.39, 0.29) is 0 Å². The Balaban J connectivity index is 2.33. The molecule has 0 amide bonds. The Kier molecular flexibility index (Phi) is 5.06. The fourth-order valence-electron chi connectivity index (χ4n) is 1.34. The topological polar surface area (TPSA) is 0 Å². The quantitative estimate of drug-likeness (QED) is 0.603. The largest absolute Gasteiger partial charge is 0.0760 e. The molecule has 0 saturated heterocycles. The average Bonchev–Trinajstić information content (AvgIpc) is 2.21. The predicted molar refractivity (Wildman–Crippen MR) is 62.2 cm³/mol. The summed E-state index contributed by atoms with van der Waals surface area (Å²) in [5, 5.41) is 0. The van der Waals surface area contributed by atoms with Gasteiger partial charge < -0.3 is 0 Å². The van der Waals surface area contributed by atoms with E-state index in [1.807, 2.05) is 0 Å². The highest BCUT2D eigenvalue weighted by molar-refractivity contribution is 5.26. The number of unbranched alkanes of at least 4 members (excludes halogenated alkanes) is 3. The molecule has 0 unspecified atom stereocenters. The molecular formula is C14H19. The Bertz CT molecular complexity index is 267. The van der Waals surface area contributed by atoms with Crippen molar-refractivity contribution in [2.45, 2.75) is 39.5 Å². The molecule has 75 valence electrons. The number of hydrogen-bond acceptors (Lipinski definition) is 0. The van der Waals surface area contributed by atoms with Crippen molar-refractivity contribution in [1.29, 1.82) is 0 Å². The van der Waals surface area contributed by atoms with Gasteiger partial charge in [-0.1, -0.05) is 55.7 Å². The van der Waals surface area contributed by atoms with E-state index in [9.17, 15) is 0 Å². The summed E-state index contributed by atoms with van der Waals surface area (Å²) in [7, 11) is 0. The molecule has 1 radical (unpaired) electrons. The second-order valence-corrected chi connectivity index (χ2v) is 3.71. The third kappa shape index (κ3) is 4.27. The first-order valence-electron chi connectivity index (χ1n) is 5.48. The normalized spacial score (nSPS) is 11.0. The zero-order chi connectivity index (χ0) is 10.2. The number of aryl methyl sites for hydroxylation is 1. The minimum Gasteiger partial charge on any atom is -0.0760 e. The molecule has 0 heteroatoms. The number of allylic oxidation sites excluding steroid dienone is 1. The molecule has 0 saturated carbocycles. The van der Waals surface area contributed by atoms with Gasteiger partial charge in [0.25, 0.3) is 0 Å². The molecule has 0 atom stereocenters. The van der Waals surface area contributed by atoms with Crippen molar-refractivity contribution in [2.75, 3.05) is 0 Å². The lowest BCUT2D eigenvalue weighted by molar-refractivity contribution is 0.728. The third-order valence-electron chi connectivity index (χ3n) is 2.27. The summed E-state index contributed by atoms with van der Waals surface area (Å²) in [4.78, 5) is 0. The highest BCUT2D eigenvalue weighted by Gasteiger charge is 1.87. The van der Waals surface area contributed by atoms with Crippen LogP contribution in [0.5, 0.6) is 0 Å². The molecule has 0 heterocycles. The third-order valence-corrected chi connectivity index (χ3v) is 2.27. The molecule has 14 heavy (non-hydrogen) atoms. The maximum Gasteiger partial charge on any atom is -0.0149 e. The lowest BCUT2D eigenvalue weighted by Crippen LogP contribution is -1.76. The van der Waals surface area contributed by atoms with Crippen LogP contribution in [0, 0.1) is 13.0 Å². The lowest BCUT2D eigenvalue weighted by Gasteiger charge is -1.94. The summed E-state index contributed by atoms with van der Waals surface area (Å²) in [5.41, 5.74) is 2.49. The smallest absolute Gasteiger partial charge is 0.0149 e. The Morgan fingerprint density at radius 3 is 2.50 bits per heavy atom. The van der Waals surface area contributed by atoms with E-state index in [2.05, 4.69) is 50.3 Å². The van der Waals surface area contributed by atoms with Gasteiger partial charge in [-0.2, -0.15) is 0 Å². The van der Waals surface area contributed by atoms with E-state index >= 15 is 0 Å². The zero-order valence-corrected chi connectivity index (χ0v) is 9.22. The average molecular weight is 187 g/mol. The SMILES string of the molecule is CCCCC/C=[C]\c1ccc(C)cc1. The Morgan fingerprint density at radius 1 is 1.14 bits per heavy atom. The molecule has 0 spiro atoms. The van der Waals surface area contributed by atoms with Crippen LogP contribution >= 0.6 is 0 Å². The maximum atomic E-state index is 3.31. The van der Waals surface area contributed by atoms with E-state index in [4.69, 9.17) is 0 Å². The first kappa shape index (κ1) is 11.0. The summed E-state index contributed by atoms with van der Waals surface area (Å²) in [6.45, 7) is 4.34. The summed E-state index contributed by atoms with van der Waals surface area (Å²) in [6.07, 6.45) is 10.5. The highest BCUT2D eigenvalue weighted by atomic mass is 13.9. The molecule has 0 aliphatic heterocycles. The summed E-state index contributed by atoms with van der Waals surface area (Å²) < 4.78 is 0. The first-order valence-corrected chi connectivity index (χ1v) is 5.48. The highest BCUT2D eigenvalue weighted by Crippen LogP contribution is 2.05. The van der Waals surface area contributed by atoms with Crippen LogP contribution in [-0.2, 0) is 0 Å². The van der Waals surface area contributed by atoms with Crippen molar-refractivity contribution in [3.05, 3.63) is 47.5 Å². The second-order valence-electron chi connectivity index (χ2n) is 3.71. The van der Waals surface area contributed by atoms with Gasteiger partial charge in [-0.15, -0.1) is 0 Å². The summed E-state index contributed by atoms with van der Waals surface area (Å²) in [6, 6.07) is 8.49. The van der Waals surface area contributed by atoms with Crippen LogP contribution in [0.1, 0.15) is 43.7 Å². The van der Waals surface area contributed by atoms with Crippen LogP contribution in [0.2, 0.25) is 0 Å². The van der Waals surface area contributed by atoms with Gasteiger partial charge in [0, 0.05) is 0 Å². The van der Waals surface area contributed by atoms with Crippen molar-refractivity contribution in [2.24, 2.45) is 0 Å². The van der Waals surface area contributed by atoms with Crippen LogP contribution in [0.25, 0.3) is 0 Å². The molecule has 1 rings (SSSR count). The van der Waals surface area contributed by atoms with Crippen LogP contribution in [0.4, 0.5) is 0 Å². The van der Waals surface area contributed by atoms with Crippen molar-refractivity contribution in [3.8, 4) is 0 Å². The fraction of sp³-hybridized carbons (Fsp3) is 0.429.